The highest BCUT2D eigenvalue weighted by atomic mass is 32.1. The van der Waals surface area contributed by atoms with Crippen LogP contribution in [-0.4, -0.2) is 15.0 Å². The quantitative estimate of drug-likeness (QED) is 0.191. The highest BCUT2D eigenvalue weighted by Crippen LogP contribution is 2.41. The smallest absolute Gasteiger partial charge is 0.164 e. The number of aromatic nitrogens is 3. The number of hydrogen-bond donors (Lipinski definition) is 0. The molecule has 45 heavy (non-hydrogen) atoms. The van der Waals surface area contributed by atoms with E-state index in [0.717, 1.165) is 27.5 Å². The van der Waals surface area contributed by atoms with Crippen LogP contribution in [0.25, 0.3) is 87.0 Å². The fourth-order valence-corrected chi connectivity index (χ4v) is 7.54. The van der Waals surface area contributed by atoms with Crippen molar-refractivity contribution in [3.05, 3.63) is 152 Å². The summed E-state index contributed by atoms with van der Waals surface area (Å²) in [6.07, 6.45) is 0. The Balaban J connectivity index is 1.34. The van der Waals surface area contributed by atoms with Crippen LogP contribution in [0.2, 0.25) is 0 Å². The summed E-state index contributed by atoms with van der Waals surface area (Å²) in [4.78, 5) is 15.5. The summed E-state index contributed by atoms with van der Waals surface area (Å²) in [6, 6.07) is 53.3. The van der Waals surface area contributed by atoms with Gasteiger partial charge in [0.1, 0.15) is 0 Å². The highest BCUT2D eigenvalue weighted by molar-refractivity contribution is 7.25. The Kier molecular flexibility index (Phi) is 6.00. The van der Waals surface area contributed by atoms with E-state index < -0.39 is 0 Å². The molecule has 7 aromatic carbocycles. The SMILES string of the molecule is c1ccc(-c2ccc3c(c2)cc(-c2nc(-c4ccccc4)nc(-c4cccc5sc6ccccc6c45)n2)c2ccccc23)cc1. The topological polar surface area (TPSA) is 38.7 Å². The summed E-state index contributed by atoms with van der Waals surface area (Å²) in [5.41, 5.74) is 5.34. The van der Waals surface area contributed by atoms with E-state index in [1.165, 1.54) is 42.1 Å². The Morgan fingerprint density at radius 1 is 0.356 bits per heavy atom. The predicted molar refractivity (Wildman–Crippen MR) is 189 cm³/mol. The third kappa shape index (κ3) is 4.38. The van der Waals surface area contributed by atoms with Crippen molar-refractivity contribution in [1.82, 2.24) is 15.0 Å². The lowest BCUT2D eigenvalue weighted by Crippen LogP contribution is -2.01. The second-order valence-corrected chi connectivity index (χ2v) is 12.3. The Morgan fingerprint density at radius 2 is 0.978 bits per heavy atom. The van der Waals surface area contributed by atoms with E-state index >= 15 is 0 Å². The maximum Gasteiger partial charge on any atom is 0.164 e. The molecule has 0 N–H and O–H groups in total. The van der Waals surface area contributed by atoms with E-state index in [4.69, 9.17) is 15.0 Å². The molecule has 0 amide bonds. The lowest BCUT2D eigenvalue weighted by Gasteiger charge is -2.13. The van der Waals surface area contributed by atoms with Gasteiger partial charge in [-0.25, -0.2) is 15.0 Å². The van der Waals surface area contributed by atoms with Crippen molar-refractivity contribution in [2.45, 2.75) is 0 Å². The predicted octanol–water partition coefficient (Wildman–Crippen LogP) is 11.2. The van der Waals surface area contributed by atoms with Crippen LogP contribution in [0.3, 0.4) is 0 Å². The van der Waals surface area contributed by atoms with Gasteiger partial charge in [0.15, 0.2) is 17.5 Å². The maximum atomic E-state index is 5.26. The van der Waals surface area contributed by atoms with Gasteiger partial charge in [-0.15, -0.1) is 11.3 Å². The molecule has 9 aromatic rings. The first-order valence-corrected chi connectivity index (χ1v) is 15.9. The molecule has 210 valence electrons. The van der Waals surface area contributed by atoms with Crippen LogP contribution >= 0.6 is 11.3 Å². The second kappa shape index (κ2) is 10.5. The summed E-state index contributed by atoms with van der Waals surface area (Å²) in [5.74, 6) is 2.00. The molecular formula is C41H25N3S. The molecule has 4 heteroatoms. The zero-order chi connectivity index (χ0) is 29.7. The molecule has 0 bridgehead atoms. The van der Waals surface area contributed by atoms with Gasteiger partial charge in [-0.2, -0.15) is 0 Å². The molecule has 3 nitrogen and oxygen atoms in total. The van der Waals surface area contributed by atoms with Crippen LogP contribution < -0.4 is 0 Å². The Labute approximate surface area is 264 Å². The van der Waals surface area contributed by atoms with Crippen molar-refractivity contribution in [1.29, 1.82) is 0 Å². The van der Waals surface area contributed by atoms with Gasteiger partial charge >= 0.3 is 0 Å². The molecular weight excluding hydrogens is 567 g/mol. The molecule has 0 aliphatic carbocycles. The van der Waals surface area contributed by atoms with Gasteiger partial charge in [-0.3, -0.25) is 0 Å². The monoisotopic (exact) mass is 591 g/mol. The van der Waals surface area contributed by atoms with Crippen LogP contribution in [0.5, 0.6) is 0 Å². The molecule has 0 spiro atoms. The lowest BCUT2D eigenvalue weighted by molar-refractivity contribution is 1.08. The molecule has 2 heterocycles. The van der Waals surface area contributed by atoms with Crippen molar-refractivity contribution in [2.75, 3.05) is 0 Å². The largest absolute Gasteiger partial charge is 0.208 e. The van der Waals surface area contributed by atoms with Crippen molar-refractivity contribution in [2.24, 2.45) is 0 Å². The number of thiophene rings is 1. The second-order valence-electron chi connectivity index (χ2n) is 11.2. The lowest BCUT2D eigenvalue weighted by atomic mass is 9.94. The standard InChI is InChI=1S/C41H25N3S/c1-3-12-26(13-4-1)28-22-23-30-29(24-28)25-35(32-17-8-7-16-31(30)32)41-43-39(27-14-5-2-6-15-27)42-40(44-41)34-19-11-21-37-38(34)33-18-9-10-20-36(33)45-37/h1-25H. The molecule has 0 aliphatic heterocycles. The molecule has 0 unspecified atom stereocenters. The zero-order valence-electron chi connectivity index (χ0n) is 24.2. The van der Waals surface area contributed by atoms with E-state index in [1.54, 1.807) is 11.3 Å². The van der Waals surface area contributed by atoms with Crippen LogP contribution in [0, 0.1) is 0 Å². The zero-order valence-corrected chi connectivity index (χ0v) is 25.0. The average Bonchev–Trinajstić information content (AvgIpc) is 3.51. The van der Waals surface area contributed by atoms with Gasteiger partial charge < -0.3 is 0 Å². The van der Waals surface area contributed by atoms with E-state index in [1.807, 2.05) is 18.2 Å². The minimum atomic E-state index is 0.661. The minimum Gasteiger partial charge on any atom is -0.208 e. The summed E-state index contributed by atoms with van der Waals surface area (Å²) < 4.78 is 2.48. The van der Waals surface area contributed by atoms with Gasteiger partial charge in [0.2, 0.25) is 0 Å². The first kappa shape index (κ1) is 25.8. The van der Waals surface area contributed by atoms with Crippen molar-refractivity contribution >= 4 is 53.1 Å². The average molecular weight is 592 g/mol. The molecule has 0 radical (unpaired) electrons. The number of hydrogen-bond acceptors (Lipinski definition) is 4. The Hall–Kier alpha value is -5.71. The van der Waals surface area contributed by atoms with Crippen molar-refractivity contribution in [3.8, 4) is 45.3 Å². The van der Waals surface area contributed by atoms with E-state index in [2.05, 4.69) is 133 Å². The summed E-state index contributed by atoms with van der Waals surface area (Å²) >= 11 is 1.80. The molecule has 0 aliphatic rings. The van der Waals surface area contributed by atoms with E-state index in [-0.39, 0.29) is 0 Å². The summed E-state index contributed by atoms with van der Waals surface area (Å²) in [6.45, 7) is 0. The molecule has 0 atom stereocenters. The number of rotatable bonds is 4. The minimum absolute atomic E-state index is 0.661. The normalized spacial score (nSPS) is 11.6. The first-order chi connectivity index (χ1) is 22.3. The van der Waals surface area contributed by atoms with E-state index in [9.17, 15) is 0 Å². The Bertz CT molecular complexity index is 2540. The summed E-state index contributed by atoms with van der Waals surface area (Å²) in [5, 5.41) is 7.07. The van der Waals surface area contributed by atoms with Gasteiger partial charge in [-0.1, -0.05) is 127 Å². The summed E-state index contributed by atoms with van der Waals surface area (Å²) in [7, 11) is 0. The fraction of sp³-hybridized carbons (Fsp3) is 0. The van der Waals surface area contributed by atoms with Crippen LogP contribution in [0.4, 0.5) is 0 Å². The fourth-order valence-electron chi connectivity index (χ4n) is 6.40. The van der Waals surface area contributed by atoms with Crippen molar-refractivity contribution in [3.63, 3.8) is 0 Å². The number of nitrogens with zero attached hydrogens (tertiary/aromatic N) is 3. The first-order valence-electron chi connectivity index (χ1n) is 15.0. The van der Waals surface area contributed by atoms with Gasteiger partial charge in [0.05, 0.1) is 0 Å². The van der Waals surface area contributed by atoms with Crippen LogP contribution in [-0.2, 0) is 0 Å². The van der Waals surface area contributed by atoms with Gasteiger partial charge in [0, 0.05) is 36.9 Å². The van der Waals surface area contributed by atoms with Crippen LogP contribution in [0.1, 0.15) is 0 Å². The van der Waals surface area contributed by atoms with E-state index in [0.29, 0.717) is 17.5 Å². The van der Waals surface area contributed by atoms with Crippen LogP contribution in [0.15, 0.2) is 152 Å². The third-order valence-corrected chi connectivity index (χ3v) is 9.65. The molecule has 0 saturated carbocycles. The highest BCUT2D eigenvalue weighted by Gasteiger charge is 2.19. The number of fused-ring (bicyclic) bond motifs is 6. The third-order valence-electron chi connectivity index (χ3n) is 8.52. The molecule has 9 rings (SSSR count). The van der Waals surface area contributed by atoms with Gasteiger partial charge in [0.25, 0.3) is 0 Å². The molecule has 0 saturated heterocycles. The molecule has 0 fully saturated rings. The number of benzene rings is 7. The van der Waals surface area contributed by atoms with Gasteiger partial charge in [-0.05, 0) is 56.9 Å². The maximum absolute atomic E-state index is 5.26. The van der Waals surface area contributed by atoms with Crippen molar-refractivity contribution < 1.29 is 0 Å². The molecule has 2 aromatic heterocycles. The Morgan fingerprint density at radius 3 is 1.78 bits per heavy atom.